The maximum Gasteiger partial charge on any atom is 0.188 e. The van der Waals surface area contributed by atoms with Crippen LogP contribution in [-0.4, -0.2) is 230 Å². The molecule has 0 amide bonds. The van der Waals surface area contributed by atoms with Gasteiger partial charge >= 0.3 is 0 Å². The average molecular weight is 1800 g/mol. The van der Waals surface area contributed by atoms with Gasteiger partial charge in [0.25, 0.3) is 0 Å². The summed E-state index contributed by atoms with van der Waals surface area (Å²) in [5, 5.41) is 54.2. The number of H-pyrrole nitrogens is 4. The maximum absolute atomic E-state index is 12.0. The number of nitrogens with zero attached hydrogens (tertiary/aromatic N) is 23. The summed E-state index contributed by atoms with van der Waals surface area (Å²) in [5.74, 6) is 2.89. The van der Waals surface area contributed by atoms with E-state index >= 15 is 0 Å². The predicted molar refractivity (Wildman–Crippen MR) is 494 cm³/mol. The lowest BCUT2D eigenvalue weighted by Gasteiger charge is -2.28. The van der Waals surface area contributed by atoms with Crippen LogP contribution in [0.25, 0.3) is 156 Å². The molecule has 4 N–H and O–H groups in total. The fourth-order valence-corrected chi connectivity index (χ4v) is 23.1. The Labute approximate surface area is 736 Å². The number of aromatic amines is 4. The topological polar surface area (TPSA) is 443 Å². The lowest BCUT2D eigenvalue weighted by atomic mass is 9.95. The molecule has 4 saturated heterocycles. The highest BCUT2D eigenvalue weighted by Gasteiger charge is 2.35. The molecule has 4 aliphatic rings. The second-order valence-electron chi connectivity index (χ2n) is 32.9. The van der Waals surface area contributed by atoms with Crippen molar-refractivity contribution in [1.82, 2.24) is 124 Å². The Morgan fingerprint density at radius 2 is 0.713 bits per heavy atom. The number of fused-ring (bicyclic) bond motifs is 14. The van der Waals surface area contributed by atoms with E-state index in [0.29, 0.717) is 97.0 Å². The van der Waals surface area contributed by atoms with Crippen LogP contribution in [-0.2, 0) is 45.8 Å². The molecule has 39 heteroatoms. The van der Waals surface area contributed by atoms with Crippen LogP contribution in [0.2, 0.25) is 0 Å². The quantitative estimate of drug-likeness (QED) is 0.0934. The van der Waals surface area contributed by atoms with Gasteiger partial charge in [-0.15, -0.1) is 0 Å². The standard InChI is InChI=1S/C24H22N6O2S.C23H21N7O2S.C22H21N7O2S.C21H19N7O2S/c1-15-21-22(17-9-11-33(31,32)12-10-17)27-23-19(14-26-30(23)24(21)29-28-15)18-7-8-20(25-13-18)16-5-3-2-4-6-16;1-14-20-21(15-6-9-33(31,32)10-7-15)27-22-18(13-26-30(22)23(20)29-28-14)16-4-5-19(25-12-16)17-3-2-8-24-11-17;1-2-17-19-21(28-7-9-32(30,31)10-8-28)25-20-16(13-24-29(20)22(19)27-26-17)15-11-14-5-3-4-6-18(14)23-12-15;1-13-18-20(27-6-8-31(29,30)9-7-27)24-19-16(12-23-28(19)21(18)26-25-13)15-10-14-4-2-3-5-17(14)22-11-15/h2-8,13-14,17H,9-12H2,1H3,(H,28,29);2-5,8,11-13,15H,6-7,9-10H2,1H3,(H,28,29);3-6,11-13H,2,7-10H2,1H3,(H,26,27);2-5,10-12H,6-9H2,1H3,(H,25,26). The van der Waals surface area contributed by atoms with Crippen molar-refractivity contribution in [2.24, 2.45) is 0 Å². The van der Waals surface area contributed by atoms with E-state index in [2.05, 4.69) is 105 Å². The zero-order valence-electron chi connectivity index (χ0n) is 70.3. The molecule has 35 nitrogen and oxygen atoms in total. The Morgan fingerprint density at radius 3 is 1.15 bits per heavy atom. The first-order valence-corrected chi connectivity index (χ1v) is 49.6. The van der Waals surface area contributed by atoms with Crippen molar-refractivity contribution in [1.29, 1.82) is 0 Å². The SMILES string of the molecule is CCc1[nH]nc2c1c(N1CCS(=O)(=O)CC1)nc1c(-c3cnc4ccccc4c3)cnn12.Cc1[nH]nc2c1c(C1CCS(=O)(=O)CC1)nc1c(-c3ccc(-c4ccccc4)nc3)cnn12.Cc1[nH]nc2c1c(C1CCS(=O)(=O)CC1)nc1c(-c3ccc(-c4cccnc4)nc3)cnn12.Cc1[nH]nc2c1c(N1CCS(=O)(=O)CC1)nc1c(-c3cnc4ccccc4c3)cnn12. The normalized spacial score (nSPS) is 16.5. The Balaban J connectivity index is 0.000000104. The highest BCUT2D eigenvalue weighted by molar-refractivity contribution is 7.92. The Kier molecular flexibility index (Phi) is 20.6. The van der Waals surface area contributed by atoms with Crippen LogP contribution < -0.4 is 9.80 Å². The number of hydrogen-bond donors (Lipinski definition) is 4. The van der Waals surface area contributed by atoms with Gasteiger partial charge < -0.3 is 9.80 Å². The minimum absolute atomic E-state index is 0.0613. The number of pyridine rings is 5. The lowest BCUT2D eigenvalue weighted by molar-refractivity contribution is 0.545. The molecule has 0 aliphatic carbocycles. The van der Waals surface area contributed by atoms with Crippen LogP contribution in [0.4, 0.5) is 11.6 Å². The summed E-state index contributed by atoms with van der Waals surface area (Å²) in [6, 6.07) is 42.0. The molecule has 24 rings (SSSR count). The van der Waals surface area contributed by atoms with Crippen molar-refractivity contribution < 1.29 is 33.7 Å². The molecule has 0 bridgehead atoms. The van der Waals surface area contributed by atoms with E-state index in [-0.39, 0.29) is 57.9 Å². The van der Waals surface area contributed by atoms with Gasteiger partial charge in [-0.3, -0.25) is 45.3 Å². The van der Waals surface area contributed by atoms with Gasteiger partial charge in [-0.05, 0) is 101 Å². The van der Waals surface area contributed by atoms with Gasteiger partial charge in [-0.1, -0.05) is 85.8 Å². The van der Waals surface area contributed by atoms with E-state index in [1.807, 2.05) is 171 Å². The molecule has 0 spiro atoms. The second kappa shape index (κ2) is 32.5. The van der Waals surface area contributed by atoms with E-state index in [1.165, 1.54) is 0 Å². The summed E-state index contributed by atoms with van der Waals surface area (Å²) in [7, 11) is -11.9. The van der Waals surface area contributed by atoms with Gasteiger partial charge in [0.15, 0.2) is 64.9 Å². The largest absolute Gasteiger partial charge is 0.354 e. The predicted octanol–water partition coefficient (Wildman–Crippen LogP) is 12.2. The first-order chi connectivity index (χ1) is 62.5. The average Bonchev–Trinajstić information content (AvgIpc) is 1.61. The van der Waals surface area contributed by atoms with Crippen molar-refractivity contribution in [2.45, 2.75) is 71.6 Å². The summed E-state index contributed by atoms with van der Waals surface area (Å²) in [5.41, 5.74) is 23.6. The first kappa shape index (κ1) is 81.7. The summed E-state index contributed by atoms with van der Waals surface area (Å²) in [6.07, 6.45) is 21.0. The molecule has 4 aliphatic heterocycles. The summed E-state index contributed by atoms with van der Waals surface area (Å²) in [4.78, 5) is 46.7. The van der Waals surface area contributed by atoms with Gasteiger partial charge in [-0.25, -0.2) is 53.6 Å². The number of aryl methyl sites for hydroxylation is 4. The van der Waals surface area contributed by atoms with E-state index in [9.17, 15) is 33.7 Å². The Bertz CT molecular complexity index is 8000. The molecule has 129 heavy (non-hydrogen) atoms. The maximum atomic E-state index is 12.0. The van der Waals surface area contributed by atoms with Crippen molar-refractivity contribution >= 4 is 140 Å². The van der Waals surface area contributed by atoms with E-state index in [4.69, 9.17) is 19.9 Å². The van der Waals surface area contributed by atoms with Gasteiger partial charge in [0, 0.05) is 164 Å². The van der Waals surface area contributed by atoms with Crippen LogP contribution in [0.3, 0.4) is 0 Å². The molecule has 650 valence electrons. The van der Waals surface area contributed by atoms with Gasteiger partial charge in [0.2, 0.25) is 0 Å². The third-order valence-electron chi connectivity index (χ3n) is 24.7. The zero-order valence-corrected chi connectivity index (χ0v) is 73.5. The molecular formula is C90H83N27O8S4. The summed E-state index contributed by atoms with van der Waals surface area (Å²) in [6.45, 7) is 9.55. The number of hydrogen-bond acceptors (Lipinski definition) is 27. The van der Waals surface area contributed by atoms with E-state index in [0.717, 1.165) is 163 Å². The third-order valence-corrected chi connectivity index (χ3v) is 31.4. The van der Waals surface area contributed by atoms with Crippen molar-refractivity contribution in [2.75, 3.05) is 82.0 Å². The number of sulfone groups is 4. The monoisotopic (exact) mass is 1800 g/mol. The number of anilines is 2. The van der Waals surface area contributed by atoms with Crippen LogP contribution in [0.1, 0.15) is 78.6 Å². The summed E-state index contributed by atoms with van der Waals surface area (Å²) >= 11 is 0. The van der Waals surface area contributed by atoms with E-state index in [1.54, 1.807) is 55.2 Å². The molecule has 21 heterocycles. The molecule has 0 atom stereocenters. The van der Waals surface area contributed by atoms with Gasteiger partial charge in [0.05, 0.1) is 126 Å². The first-order valence-electron chi connectivity index (χ1n) is 42.4. The molecule has 17 aromatic heterocycles. The smallest absolute Gasteiger partial charge is 0.188 e. The molecule has 20 aromatic rings. The summed E-state index contributed by atoms with van der Waals surface area (Å²) < 4.78 is 103. The van der Waals surface area contributed by atoms with Gasteiger partial charge in [0.1, 0.15) is 31.3 Å². The fraction of sp³-hybridized carbons (Fsp3) is 0.256. The molecule has 0 saturated carbocycles. The zero-order chi connectivity index (χ0) is 88.2. The van der Waals surface area contributed by atoms with Crippen LogP contribution in [0.5, 0.6) is 0 Å². The van der Waals surface area contributed by atoms with Gasteiger partial charge in [-0.2, -0.15) is 58.9 Å². The van der Waals surface area contributed by atoms with E-state index < -0.39 is 39.3 Å². The highest BCUT2D eigenvalue weighted by atomic mass is 32.2. The number of benzene rings is 3. The molecular weight excluding hydrogens is 1720 g/mol. The van der Waals surface area contributed by atoms with Crippen molar-refractivity contribution in [3.8, 4) is 67.0 Å². The van der Waals surface area contributed by atoms with Crippen LogP contribution in [0, 0.1) is 20.8 Å². The molecule has 4 fully saturated rings. The molecule has 0 radical (unpaired) electrons. The number of para-hydroxylation sites is 2. The van der Waals surface area contributed by atoms with Crippen LogP contribution in [0.15, 0.2) is 189 Å². The second-order valence-corrected chi connectivity index (χ2v) is 42.1. The minimum atomic E-state index is -3.00. The number of nitrogens with one attached hydrogen (secondary N) is 4. The van der Waals surface area contributed by atoms with Crippen LogP contribution >= 0.6 is 0 Å². The number of rotatable bonds is 11. The molecule has 3 aromatic carbocycles. The number of aromatic nitrogens is 25. The molecule has 0 unspecified atom stereocenters. The fourth-order valence-electron chi connectivity index (χ4n) is 17.7. The minimum Gasteiger partial charge on any atom is -0.354 e. The third kappa shape index (κ3) is 15.4. The lowest BCUT2D eigenvalue weighted by Crippen LogP contribution is -2.40. The van der Waals surface area contributed by atoms with Crippen molar-refractivity contribution in [3.05, 3.63) is 224 Å². The Hall–Kier alpha value is -14.3. The highest BCUT2D eigenvalue weighted by Crippen LogP contribution is 2.41. The Morgan fingerprint density at radius 1 is 0.341 bits per heavy atom. The van der Waals surface area contributed by atoms with Crippen molar-refractivity contribution in [3.63, 3.8) is 0 Å².